The van der Waals surface area contributed by atoms with Crippen molar-refractivity contribution >= 4 is 17.2 Å². The Labute approximate surface area is 146 Å². The number of halogens is 1. The minimum atomic E-state index is -0.677. The van der Waals surface area contributed by atoms with E-state index in [9.17, 15) is 9.18 Å². The Morgan fingerprint density at radius 3 is 2.62 bits per heavy atom. The van der Waals surface area contributed by atoms with E-state index in [1.54, 1.807) is 17.0 Å². The second-order valence-electron chi connectivity index (χ2n) is 5.87. The molecule has 0 aliphatic carbocycles. The minimum absolute atomic E-state index is 0.0133. The Bertz CT molecular complexity index is 687. The monoisotopic (exact) mass is 350 g/mol. The maximum Gasteiger partial charge on any atom is 0.242 e. The van der Waals surface area contributed by atoms with Gasteiger partial charge in [0.15, 0.2) is 0 Å². The molecule has 0 bridgehead atoms. The summed E-state index contributed by atoms with van der Waals surface area (Å²) < 4.78 is 18.9. The molecule has 0 saturated heterocycles. The summed E-state index contributed by atoms with van der Waals surface area (Å²) >= 11 is 1.48. The molecule has 0 fully saturated rings. The molecular weight excluding hydrogens is 327 g/mol. The fourth-order valence-corrected chi connectivity index (χ4v) is 3.45. The van der Waals surface area contributed by atoms with Gasteiger partial charge in [-0.1, -0.05) is 18.2 Å². The summed E-state index contributed by atoms with van der Waals surface area (Å²) in [7, 11) is 1.52. The molecule has 2 N–H and O–H groups in total. The number of carbonyl (C=O) groups is 1. The second-order valence-corrected chi connectivity index (χ2v) is 7.04. The van der Waals surface area contributed by atoms with Gasteiger partial charge >= 0.3 is 0 Å². The first kappa shape index (κ1) is 18.6. The first-order valence-electron chi connectivity index (χ1n) is 7.82. The van der Waals surface area contributed by atoms with Crippen LogP contribution in [0.3, 0.4) is 0 Å². The van der Waals surface area contributed by atoms with Crippen LogP contribution in [0.2, 0.25) is 0 Å². The zero-order valence-electron chi connectivity index (χ0n) is 14.2. The number of thiophene rings is 1. The number of nitrogens with two attached hydrogens (primary N) is 1. The van der Waals surface area contributed by atoms with Crippen molar-refractivity contribution in [3.63, 3.8) is 0 Å². The number of benzene rings is 1. The number of hydrogen-bond donors (Lipinski definition) is 1. The van der Waals surface area contributed by atoms with Crippen LogP contribution in [-0.2, 0) is 16.1 Å². The summed E-state index contributed by atoms with van der Waals surface area (Å²) in [5, 5.41) is 0. The molecule has 0 saturated carbocycles. The van der Waals surface area contributed by atoms with Crippen LogP contribution < -0.4 is 5.73 Å². The lowest BCUT2D eigenvalue weighted by Crippen LogP contribution is -2.48. The molecule has 2 rings (SSSR count). The Morgan fingerprint density at radius 2 is 2.00 bits per heavy atom. The van der Waals surface area contributed by atoms with Crippen LogP contribution >= 0.6 is 11.3 Å². The van der Waals surface area contributed by atoms with E-state index in [2.05, 4.69) is 0 Å². The predicted octanol–water partition coefficient (Wildman–Crippen LogP) is 3.26. The maximum absolute atomic E-state index is 13.9. The number of amides is 1. The molecule has 0 aliphatic heterocycles. The molecule has 6 heteroatoms. The van der Waals surface area contributed by atoms with E-state index in [1.807, 2.05) is 32.0 Å². The van der Waals surface area contributed by atoms with Crippen molar-refractivity contribution in [1.82, 2.24) is 4.90 Å². The van der Waals surface area contributed by atoms with Gasteiger partial charge in [0, 0.05) is 28.5 Å². The van der Waals surface area contributed by atoms with Crippen LogP contribution in [0.5, 0.6) is 0 Å². The molecule has 1 amide bonds. The van der Waals surface area contributed by atoms with Crippen LogP contribution in [0.15, 0.2) is 36.4 Å². The third-order valence-electron chi connectivity index (χ3n) is 3.70. The minimum Gasteiger partial charge on any atom is -0.383 e. The van der Waals surface area contributed by atoms with Crippen molar-refractivity contribution in [2.45, 2.75) is 32.5 Å². The fourth-order valence-electron chi connectivity index (χ4n) is 2.42. The summed E-state index contributed by atoms with van der Waals surface area (Å²) in [6.45, 7) is 4.53. The number of methoxy groups -OCH3 is 1. The number of hydrogen-bond acceptors (Lipinski definition) is 4. The van der Waals surface area contributed by atoms with Gasteiger partial charge < -0.3 is 15.4 Å². The first-order valence-corrected chi connectivity index (χ1v) is 8.64. The van der Waals surface area contributed by atoms with E-state index < -0.39 is 6.04 Å². The van der Waals surface area contributed by atoms with Gasteiger partial charge in [0.25, 0.3) is 0 Å². The normalized spacial score (nSPS) is 12.4. The standard InChI is InChI=1S/C18H23FN2O2S/c1-12(2)21(18(22)16(20)11-23-3)10-13-8-9-17(24-13)14-6-4-5-7-15(14)19/h4-9,12,16H,10-11,20H2,1-3H3. The van der Waals surface area contributed by atoms with E-state index in [4.69, 9.17) is 10.5 Å². The van der Waals surface area contributed by atoms with Gasteiger partial charge in [-0.25, -0.2) is 4.39 Å². The van der Waals surface area contributed by atoms with E-state index in [0.717, 1.165) is 9.75 Å². The Hall–Kier alpha value is -1.76. The fraction of sp³-hybridized carbons (Fsp3) is 0.389. The third-order valence-corrected chi connectivity index (χ3v) is 4.80. The molecule has 0 spiro atoms. The zero-order valence-corrected chi connectivity index (χ0v) is 15.0. The van der Waals surface area contributed by atoms with E-state index in [-0.39, 0.29) is 24.4 Å². The highest BCUT2D eigenvalue weighted by atomic mass is 32.1. The lowest BCUT2D eigenvalue weighted by molar-refractivity contribution is -0.136. The van der Waals surface area contributed by atoms with E-state index in [1.165, 1.54) is 24.5 Å². The van der Waals surface area contributed by atoms with Gasteiger partial charge in [-0.3, -0.25) is 4.79 Å². The molecule has 4 nitrogen and oxygen atoms in total. The zero-order chi connectivity index (χ0) is 17.7. The summed E-state index contributed by atoms with van der Waals surface area (Å²) in [4.78, 5) is 16.0. The molecule has 2 aromatic rings. The summed E-state index contributed by atoms with van der Waals surface area (Å²) in [5.41, 5.74) is 6.45. The van der Waals surface area contributed by atoms with E-state index >= 15 is 0 Å². The summed E-state index contributed by atoms with van der Waals surface area (Å²) in [5.74, 6) is -0.391. The quantitative estimate of drug-likeness (QED) is 0.834. The van der Waals surface area contributed by atoms with Crippen LogP contribution in [0, 0.1) is 5.82 Å². The molecule has 130 valence electrons. The smallest absolute Gasteiger partial charge is 0.242 e. The number of rotatable bonds is 7. The molecule has 24 heavy (non-hydrogen) atoms. The van der Waals surface area contributed by atoms with Gasteiger partial charge in [-0.2, -0.15) is 0 Å². The number of nitrogens with zero attached hydrogens (tertiary/aromatic N) is 1. The lowest BCUT2D eigenvalue weighted by Gasteiger charge is -2.28. The Morgan fingerprint density at radius 1 is 1.29 bits per heavy atom. The molecule has 1 heterocycles. The maximum atomic E-state index is 13.9. The predicted molar refractivity (Wildman–Crippen MR) is 95.3 cm³/mol. The van der Waals surface area contributed by atoms with Crippen molar-refractivity contribution < 1.29 is 13.9 Å². The van der Waals surface area contributed by atoms with Gasteiger partial charge in [-0.15, -0.1) is 11.3 Å². The molecular formula is C18H23FN2O2S. The summed E-state index contributed by atoms with van der Waals surface area (Å²) in [6, 6.07) is 9.83. The molecule has 1 unspecified atom stereocenters. The Kier molecular flexibility index (Phi) is 6.48. The van der Waals surface area contributed by atoms with E-state index in [0.29, 0.717) is 12.1 Å². The largest absolute Gasteiger partial charge is 0.383 e. The van der Waals surface area contributed by atoms with Gasteiger partial charge in [0.05, 0.1) is 13.2 Å². The topological polar surface area (TPSA) is 55.6 Å². The van der Waals surface area contributed by atoms with Crippen molar-refractivity contribution in [1.29, 1.82) is 0 Å². The molecule has 1 atom stereocenters. The highest BCUT2D eigenvalue weighted by Crippen LogP contribution is 2.31. The second kappa shape index (κ2) is 8.37. The first-order chi connectivity index (χ1) is 11.4. The van der Waals surface area contributed by atoms with Crippen molar-refractivity contribution in [2.75, 3.05) is 13.7 Å². The van der Waals surface area contributed by atoms with Crippen molar-refractivity contribution in [3.05, 3.63) is 47.1 Å². The van der Waals surface area contributed by atoms with Crippen LogP contribution in [0.25, 0.3) is 10.4 Å². The van der Waals surface area contributed by atoms with Gasteiger partial charge in [0.1, 0.15) is 11.9 Å². The highest BCUT2D eigenvalue weighted by molar-refractivity contribution is 7.15. The SMILES string of the molecule is COCC(N)C(=O)N(Cc1ccc(-c2ccccc2F)s1)C(C)C. The average Bonchev–Trinajstić information content (AvgIpc) is 3.00. The molecule has 1 aromatic heterocycles. The highest BCUT2D eigenvalue weighted by Gasteiger charge is 2.24. The lowest BCUT2D eigenvalue weighted by atomic mass is 10.2. The van der Waals surface area contributed by atoms with Gasteiger partial charge in [0.2, 0.25) is 5.91 Å². The van der Waals surface area contributed by atoms with Crippen LogP contribution in [0.4, 0.5) is 4.39 Å². The number of ether oxygens (including phenoxy) is 1. The van der Waals surface area contributed by atoms with Crippen LogP contribution in [0.1, 0.15) is 18.7 Å². The number of carbonyl (C=O) groups excluding carboxylic acids is 1. The summed E-state index contributed by atoms with van der Waals surface area (Å²) in [6.07, 6.45) is 0. The molecule has 0 radical (unpaired) electrons. The average molecular weight is 350 g/mol. The third kappa shape index (κ3) is 4.41. The van der Waals surface area contributed by atoms with Crippen LogP contribution in [-0.4, -0.2) is 36.6 Å². The van der Waals surface area contributed by atoms with Crippen molar-refractivity contribution in [3.8, 4) is 10.4 Å². The molecule has 1 aromatic carbocycles. The Balaban J connectivity index is 2.17. The molecule has 0 aliphatic rings. The van der Waals surface area contributed by atoms with Gasteiger partial charge in [-0.05, 0) is 32.0 Å². The van der Waals surface area contributed by atoms with Crippen molar-refractivity contribution in [2.24, 2.45) is 5.73 Å².